The summed E-state index contributed by atoms with van der Waals surface area (Å²) in [4.78, 5) is 2.51. The summed E-state index contributed by atoms with van der Waals surface area (Å²) in [5.41, 5.74) is 0.239. The third-order valence-electron chi connectivity index (χ3n) is 4.08. The average Bonchev–Trinajstić information content (AvgIpc) is 2.90. The number of nitrogens with zero attached hydrogens (tertiary/aromatic N) is 1. The molecule has 1 aromatic heterocycles. The second-order valence-electron chi connectivity index (χ2n) is 6.75. The number of likely N-dealkylation sites (tertiary alicyclic amines) is 1. The maximum Gasteiger partial charge on any atom is 0.284 e. The van der Waals surface area contributed by atoms with Gasteiger partial charge in [0.25, 0.3) is 5.76 Å². The quantitative estimate of drug-likeness (QED) is 0.849. The zero-order chi connectivity index (χ0) is 16.2. The van der Waals surface area contributed by atoms with Crippen molar-refractivity contribution in [3.05, 3.63) is 23.7 Å². The van der Waals surface area contributed by atoms with Gasteiger partial charge in [-0.05, 0) is 45.7 Å². The highest BCUT2D eigenvalue weighted by Crippen LogP contribution is 2.22. The van der Waals surface area contributed by atoms with Crippen LogP contribution in [0.2, 0.25) is 0 Å². The van der Waals surface area contributed by atoms with E-state index in [-0.39, 0.29) is 11.3 Å². The van der Waals surface area contributed by atoms with Crippen molar-refractivity contribution < 1.29 is 13.2 Å². The molecule has 0 unspecified atom stereocenters. The number of halogens is 2. The Kier molecular flexibility index (Phi) is 6.29. The van der Waals surface area contributed by atoms with Gasteiger partial charge in [0, 0.05) is 24.7 Å². The maximum absolute atomic E-state index is 12.1. The van der Waals surface area contributed by atoms with Crippen molar-refractivity contribution in [3.8, 4) is 0 Å². The molecule has 0 aliphatic carbocycles. The smallest absolute Gasteiger partial charge is 0.284 e. The molecule has 3 nitrogen and oxygen atoms in total. The Bertz CT molecular complexity index is 451. The zero-order valence-corrected chi connectivity index (χ0v) is 14.4. The van der Waals surface area contributed by atoms with Crippen LogP contribution < -0.4 is 5.32 Å². The number of hydrogen-bond acceptors (Lipinski definition) is 4. The van der Waals surface area contributed by atoms with E-state index in [0.717, 1.165) is 31.7 Å². The van der Waals surface area contributed by atoms with Crippen LogP contribution in [0.5, 0.6) is 0 Å². The molecule has 1 saturated heterocycles. The Balaban J connectivity index is 1.71. The van der Waals surface area contributed by atoms with Crippen molar-refractivity contribution in [1.82, 2.24) is 10.2 Å². The zero-order valence-electron chi connectivity index (χ0n) is 13.6. The van der Waals surface area contributed by atoms with Crippen molar-refractivity contribution >= 4 is 11.8 Å². The van der Waals surface area contributed by atoms with E-state index in [9.17, 15) is 8.78 Å². The Morgan fingerprint density at radius 2 is 1.91 bits per heavy atom. The van der Waals surface area contributed by atoms with E-state index < -0.39 is 5.76 Å². The van der Waals surface area contributed by atoms with Crippen molar-refractivity contribution in [3.63, 3.8) is 0 Å². The predicted molar refractivity (Wildman–Crippen MR) is 87.2 cm³/mol. The number of alkyl halides is 2. The molecule has 6 heteroatoms. The molecular weight excluding hydrogens is 306 g/mol. The highest BCUT2D eigenvalue weighted by molar-refractivity contribution is 7.98. The van der Waals surface area contributed by atoms with Gasteiger partial charge in [-0.2, -0.15) is 8.78 Å². The fourth-order valence-corrected chi connectivity index (χ4v) is 3.18. The van der Waals surface area contributed by atoms with E-state index in [2.05, 4.69) is 31.0 Å². The Hall–Kier alpha value is -0.590. The van der Waals surface area contributed by atoms with E-state index in [0.29, 0.717) is 30.1 Å². The van der Waals surface area contributed by atoms with Crippen LogP contribution in [-0.4, -0.2) is 35.3 Å². The number of hydrogen-bond donors (Lipinski definition) is 1. The normalized spacial score (nSPS) is 18.3. The van der Waals surface area contributed by atoms with Crippen LogP contribution in [0.4, 0.5) is 8.78 Å². The summed E-state index contributed by atoms with van der Waals surface area (Å²) in [7, 11) is 0. The van der Waals surface area contributed by atoms with Gasteiger partial charge < -0.3 is 9.73 Å². The van der Waals surface area contributed by atoms with Crippen LogP contribution in [0.1, 0.15) is 45.1 Å². The Morgan fingerprint density at radius 3 is 2.50 bits per heavy atom. The van der Waals surface area contributed by atoms with Gasteiger partial charge in [0.15, 0.2) is 0 Å². The molecule has 0 amide bonds. The van der Waals surface area contributed by atoms with Gasteiger partial charge in [-0.1, -0.05) is 11.8 Å². The molecule has 1 aliphatic heterocycles. The predicted octanol–water partition coefficient (Wildman–Crippen LogP) is 4.09. The van der Waals surface area contributed by atoms with Crippen molar-refractivity contribution in [2.75, 3.05) is 13.1 Å². The minimum atomic E-state index is -2.35. The van der Waals surface area contributed by atoms with Gasteiger partial charge in [0.1, 0.15) is 11.5 Å². The lowest BCUT2D eigenvalue weighted by atomic mass is 9.98. The second-order valence-corrected chi connectivity index (χ2v) is 7.73. The van der Waals surface area contributed by atoms with E-state index in [1.54, 1.807) is 6.07 Å². The SMILES string of the molecule is CC(C)(C)N1CCC(NCc2ccc(CSC(F)F)o2)CC1. The van der Waals surface area contributed by atoms with Crippen LogP contribution in [-0.2, 0) is 12.3 Å². The third kappa shape index (κ3) is 5.56. The fourth-order valence-electron chi connectivity index (χ4n) is 2.74. The molecule has 0 aromatic carbocycles. The molecule has 2 rings (SSSR count). The summed E-state index contributed by atoms with van der Waals surface area (Å²) in [6.07, 6.45) is 2.26. The molecule has 22 heavy (non-hydrogen) atoms. The Morgan fingerprint density at radius 1 is 1.27 bits per heavy atom. The van der Waals surface area contributed by atoms with Gasteiger partial charge >= 0.3 is 0 Å². The van der Waals surface area contributed by atoms with Crippen LogP contribution in [0, 0.1) is 0 Å². The lowest BCUT2D eigenvalue weighted by molar-refractivity contribution is 0.0956. The fraction of sp³-hybridized carbons (Fsp3) is 0.750. The minimum absolute atomic E-state index is 0.224. The maximum atomic E-state index is 12.1. The molecule has 2 heterocycles. The molecule has 0 bridgehead atoms. The summed E-state index contributed by atoms with van der Waals surface area (Å²) in [5, 5.41) is 3.51. The van der Waals surface area contributed by atoms with Crippen LogP contribution in [0.25, 0.3) is 0 Å². The topological polar surface area (TPSA) is 28.4 Å². The lowest BCUT2D eigenvalue weighted by Gasteiger charge is -2.41. The summed E-state index contributed by atoms with van der Waals surface area (Å²) in [6.45, 7) is 9.64. The number of piperidine rings is 1. The van der Waals surface area contributed by atoms with E-state index in [4.69, 9.17) is 4.42 Å². The number of rotatable bonds is 6. The molecule has 1 aromatic rings. The van der Waals surface area contributed by atoms with Gasteiger partial charge in [-0.15, -0.1) is 0 Å². The molecular formula is C16H26F2N2OS. The van der Waals surface area contributed by atoms with Crippen molar-refractivity contribution in [1.29, 1.82) is 0 Å². The highest BCUT2D eigenvalue weighted by atomic mass is 32.2. The largest absolute Gasteiger partial charge is 0.464 e. The first kappa shape index (κ1) is 17.8. The van der Waals surface area contributed by atoms with Gasteiger partial charge in [-0.3, -0.25) is 4.90 Å². The molecule has 0 atom stereocenters. The summed E-state index contributed by atoms with van der Waals surface area (Å²) < 4.78 is 29.9. The molecule has 0 saturated carbocycles. The lowest BCUT2D eigenvalue weighted by Crippen LogP contribution is -2.49. The van der Waals surface area contributed by atoms with Crippen LogP contribution >= 0.6 is 11.8 Å². The van der Waals surface area contributed by atoms with Crippen LogP contribution in [0.15, 0.2) is 16.5 Å². The standard InChI is InChI=1S/C16H26F2N2OS/c1-16(2,3)20-8-6-12(7-9-20)19-10-13-4-5-14(21-13)11-22-15(17)18/h4-5,12,15,19H,6-11H2,1-3H3. The van der Waals surface area contributed by atoms with Crippen LogP contribution in [0.3, 0.4) is 0 Å². The molecule has 0 spiro atoms. The molecule has 126 valence electrons. The van der Waals surface area contributed by atoms with E-state index in [1.165, 1.54) is 0 Å². The summed E-state index contributed by atoms with van der Waals surface area (Å²) >= 11 is 0.593. The van der Waals surface area contributed by atoms with E-state index in [1.807, 2.05) is 6.07 Å². The number of nitrogens with one attached hydrogen (secondary N) is 1. The molecule has 1 aliphatic rings. The highest BCUT2D eigenvalue weighted by Gasteiger charge is 2.26. The minimum Gasteiger partial charge on any atom is -0.464 e. The van der Waals surface area contributed by atoms with Crippen molar-refractivity contribution in [2.24, 2.45) is 0 Å². The summed E-state index contributed by atoms with van der Waals surface area (Å²) in [5.74, 6) is -0.686. The monoisotopic (exact) mass is 332 g/mol. The second kappa shape index (κ2) is 7.79. The summed E-state index contributed by atoms with van der Waals surface area (Å²) in [6, 6.07) is 4.16. The van der Waals surface area contributed by atoms with Gasteiger partial charge in [-0.25, -0.2) is 0 Å². The number of furan rings is 1. The molecule has 0 radical (unpaired) electrons. The van der Waals surface area contributed by atoms with Gasteiger partial charge in [0.2, 0.25) is 0 Å². The first-order valence-corrected chi connectivity index (χ1v) is 8.85. The van der Waals surface area contributed by atoms with E-state index >= 15 is 0 Å². The first-order valence-electron chi connectivity index (χ1n) is 7.80. The molecule has 1 fully saturated rings. The first-order chi connectivity index (χ1) is 10.3. The average molecular weight is 332 g/mol. The third-order valence-corrected chi connectivity index (χ3v) is 4.78. The van der Waals surface area contributed by atoms with Gasteiger partial charge in [0.05, 0.1) is 12.3 Å². The number of thioether (sulfide) groups is 1. The Labute approximate surface area is 135 Å². The van der Waals surface area contributed by atoms with Crippen molar-refractivity contribution in [2.45, 2.75) is 63.2 Å². The molecule has 1 N–H and O–H groups in total.